The summed E-state index contributed by atoms with van der Waals surface area (Å²) < 4.78 is 0. The molecule has 2 bridgehead atoms. The molecule has 1 aromatic rings. The van der Waals surface area contributed by atoms with E-state index in [0.29, 0.717) is 6.54 Å². The third kappa shape index (κ3) is 3.67. The van der Waals surface area contributed by atoms with Crippen molar-refractivity contribution in [3.8, 4) is 11.8 Å². The summed E-state index contributed by atoms with van der Waals surface area (Å²) in [4.78, 5) is 2.49. The van der Waals surface area contributed by atoms with Crippen LogP contribution in [0.4, 0.5) is 0 Å². The summed E-state index contributed by atoms with van der Waals surface area (Å²) >= 11 is 0. The normalized spacial score (nSPS) is 26.9. The van der Waals surface area contributed by atoms with Gasteiger partial charge in [-0.15, -0.1) is 0 Å². The van der Waals surface area contributed by atoms with Crippen LogP contribution >= 0.6 is 0 Å². The van der Waals surface area contributed by atoms with E-state index in [-0.39, 0.29) is 0 Å². The van der Waals surface area contributed by atoms with Crippen molar-refractivity contribution in [2.45, 2.75) is 32.2 Å². The van der Waals surface area contributed by atoms with Crippen molar-refractivity contribution >= 4 is 0 Å². The van der Waals surface area contributed by atoms with Gasteiger partial charge < -0.3 is 10.6 Å². The van der Waals surface area contributed by atoms with Gasteiger partial charge in [0, 0.05) is 18.7 Å². The summed E-state index contributed by atoms with van der Waals surface area (Å²) in [6, 6.07) is 8.59. The minimum Gasteiger partial charge on any atom is -0.320 e. The molecule has 3 unspecified atom stereocenters. The third-order valence-electron chi connectivity index (χ3n) is 5.17. The Bertz CT molecular complexity index is 523. The van der Waals surface area contributed by atoms with Crippen molar-refractivity contribution in [1.29, 1.82) is 0 Å². The van der Waals surface area contributed by atoms with Gasteiger partial charge in [0.05, 0.1) is 6.54 Å². The smallest absolute Gasteiger partial charge is 0.0555 e. The predicted molar refractivity (Wildman–Crippen MR) is 87.6 cm³/mol. The van der Waals surface area contributed by atoms with Crippen molar-refractivity contribution in [2.75, 3.05) is 20.1 Å². The minimum absolute atomic E-state index is 0.425. The lowest BCUT2D eigenvalue weighted by Crippen LogP contribution is -2.28. The number of nitrogens with zero attached hydrogens (tertiary/aromatic N) is 1. The van der Waals surface area contributed by atoms with Gasteiger partial charge in [-0.2, -0.15) is 0 Å². The lowest BCUT2D eigenvalue weighted by atomic mass is 9.88. The van der Waals surface area contributed by atoms with Gasteiger partial charge in [0.1, 0.15) is 0 Å². The van der Waals surface area contributed by atoms with Crippen LogP contribution < -0.4 is 5.73 Å². The summed E-state index contributed by atoms with van der Waals surface area (Å²) in [5, 5.41) is 0. The van der Waals surface area contributed by atoms with Crippen molar-refractivity contribution in [3.63, 3.8) is 0 Å². The third-order valence-corrected chi connectivity index (χ3v) is 5.17. The summed E-state index contributed by atoms with van der Waals surface area (Å²) in [5.41, 5.74) is 7.82. The van der Waals surface area contributed by atoms with E-state index in [4.69, 9.17) is 5.73 Å². The maximum Gasteiger partial charge on any atom is 0.0555 e. The zero-order valence-electron chi connectivity index (χ0n) is 13.0. The average Bonchev–Trinajstić information content (AvgIpc) is 3.09. The molecule has 1 aromatic carbocycles. The van der Waals surface area contributed by atoms with Crippen LogP contribution in [0, 0.1) is 29.6 Å². The van der Waals surface area contributed by atoms with Crippen molar-refractivity contribution in [3.05, 3.63) is 35.4 Å². The zero-order valence-corrected chi connectivity index (χ0v) is 13.0. The van der Waals surface area contributed by atoms with Gasteiger partial charge in [0.25, 0.3) is 0 Å². The molecule has 2 saturated carbocycles. The average molecular weight is 282 g/mol. The largest absolute Gasteiger partial charge is 0.320 e. The molecule has 2 N–H and O–H groups in total. The van der Waals surface area contributed by atoms with E-state index in [9.17, 15) is 0 Å². The van der Waals surface area contributed by atoms with Crippen LogP contribution in [0.5, 0.6) is 0 Å². The number of hydrogen-bond acceptors (Lipinski definition) is 2. The molecular formula is C19H26N2. The maximum absolute atomic E-state index is 5.40. The Morgan fingerprint density at radius 3 is 2.62 bits per heavy atom. The number of nitrogens with two attached hydrogens (primary N) is 1. The Kier molecular flexibility index (Phi) is 4.63. The molecule has 21 heavy (non-hydrogen) atoms. The molecule has 112 valence electrons. The first-order valence-electron chi connectivity index (χ1n) is 8.21. The lowest BCUT2D eigenvalue weighted by Gasteiger charge is -2.27. The van der Waals surface area contributed by atoms with Gasteiger partial charge in [-0.3, -0.25) is 0 Å². The Labute approximate surface area is 128 Å². The fraction of sp³-hybridized carbons (Fsp3) is 0.579. The second kappa shape index (κ2) is 6.64. The highest BCUT2D eigenvalue weighted by Gasteiger charge is 2.39. The van der Waals surface area contributed by atoms with Gasteiger partial charge in [0.15, 0.2) is 0 Å². The second-order valence-electron chi connectivity index (χ2n) is 6.83. The highest BCUT2D eigenvalue weighted by Crippen LogP contribution is 2.48. The first kappa shape index (κ1) is 14.6. The van der Waals surface area contributed by atoms with Crippen molar-refractivity contribution in [2.24, 2.45) is 23.5 Å². The highest BCUT2D eigenvalue weighted by molar-refractivity contribution is 5.36. The predicted octanol–water partition coefficient (Wildman–Crippen LogP) is 2.86. The molecular weight excluding hydrogens is 256 g/mol. The Balaban J connectivity index is 1.51. The van der Waals surface area contributed by atoms with E-state index in [0.717, 1.165) is 29.9 Å². The molecule has 0 spiro atoms. The first-order valence-corrected chi connectivity index (χ1v) is 8.21. The molecule has 0 aliphatic heterocycles. The first-order chi connectivity index (χ1) is 10.2. The monoisotopic (exact) mass is 282 g/mol. The fourth-order valence-electron chi connectivity index (χ4n) is 4.22. The molecule has 3 rings (SSSR count). The molecule has 2 aliphatic carbocycles. The van der Waals surface area contributed by atoms with Crippen molar-refractivity contribution < 1.29 is 0 Å². The molecule has 2 nitrogen and oxygen atoms in total. The van der Waals surface area contributed by atoms with Gasteiger partial charge in [0.2, 0.25) is 0 Å². The van der Waals surface area contributed by atoms with Gasteiger partial charge in [-0.25, -0.2) is 0 Å². The SMILES string of the molecule is CN(Cc1ccc(C#CCN)cc1)CC1CC2CCC1C2. The van der Waals surface area contributed by atoms with E-state index in [1.165, 1.54) is 37.8 Å². The molecule has 0 amide bonds. The van der Waals surface area contributed by atoms with Crippen LogP contribution in [-0.2, 0) is 6.54 Å². The van der Waals surface area contributed by atoms with E-state index in [1.807, 2.05) is 0 Å². The van der Waals surface area contributed by atoms with E-state index in [1.54, 1.807) is 0 Å². The Morgan fingerprint density at radius 1 is 1.19 bits per heavy atom. The molecule has 0 radical (unpaired) electrons. The van der Waals surface area contributed by atoms with Crippen LogP contribution in [0.15, 0.2) is 24.3 Å². The van der Waals surface area contributed by atoms with E-state index in [2.05, 4.69) is 48.1 Å². The summed E-state index contributed by atoms with van der Waals surface area (Å²) in [7, 11) is 2.26. The quantitative estimate of drug-likeness (QED) is 0.861. The topological polar surface area (TPSA) is 29.3 Å². The summed E-state index contributed by atoms with van der Waals surface area (Å²) in [6.07, 6.45) is 5.96. The van der Waals surface area contributed by atoms with Crippen LogP contribution in [0.2, 0.25) is 0 Å². The molecule has 0 heterocycles. The van der Waals surface area contributed by atoms with Crippen LogP contribution in [0.25, 0.3) is 0 Å². The highest BCUT2D eigenvalue weighted by atomic mass is 15.1. The zero-order chi connectivity index (χ0) is 14.7. The van der Waals surface area contributed by atoms with Gasteiger partial charge in [-0.1, -0.05) is 30.4 Å². The fourth-order valence-corrected chi connectivity index (χ4v) is 4.22. The molecule has 2 heteroatoms. The molecule has 0 aromatic heterocycles. The van der Waals surface area contributed by atoms with Crippen LogP contribution in [0.3, 0.4) is 0 Å². The number of rotatable bonds is 4. The second-order valence-corrected chi connectivity index (χ2v) is 6.83. The number of benzene rings is 1. The minimum atomic E-state index is 0.425. The molecule has 2 fully saturated rings. The molecule has 2 aliphatic rings. The van der Waals surface area contributed by atoms with Gasteiger partial charge >= 0.3 is 0 Å². The van der Waals surface area contributed by atoms with E-state index < -0.39 is 0 Å². The molecule has 0 saturated heterocycles. The van der Waals surface area contributed by atoms with Crippen LogP contribution in [-0.4, -0.2) is 25.0 Å². The number of hydrogen-bond donors (Lipinski definition) is 1. The Morgan fingerprint density at radius 2 is 2.00 bits per heavy atom. The molecule has 3 atom stereocenters. The van der Waals surface area contributed by atoms with Crippen molar-refractivity contribution in [1.82, 2.24) is 4.90 Å². The van der Waals surface area contributed by atoms with E-state index >= 15 is 0 Å². The number of fused-ring (bicyclic) bond motifs is 2. The van der Waals surface area contributed by atoms with Gasteiger partial charge in [-0.05, 0) is 61.8 Å². The summed E-state index contributed by atoms with van der Waals surface area (Å²) in [5.74, 6) is 8.99. The maximum atomic E-state index is 5.40. The van der Waals surface area contributed by atoms with Crippen LogP contribution in [0.1, 0.15) is 36.8 Å². The summed E-state index contributed by atoms with van der Waals surface area (Å²) in [6.45, 7) is 2.72. The lowest BCUT2D eigenvalue weighted by molar-refractivity contribution is 0.214. The standard InChI is InChI=1S/C19H26N2/c1-21(14-19-12-17-8-9-18(19)11-17)13-16-6-4-15(5-7-16)3-2-10-20/h4-7,17-19H,8-14,20H2,1H3. The Hall–Kier alpha value is -1.30.